The van der Waals surface area contributed by atoms with Crippen molar-refractivity contribution in [3.05, 3.63) is 89.5 Å². The van der Waals surface area contributed by atoms with Gasteiger partial charge in [-0.05, 0) is 61.4 Å². The molecule has 130 valence electrons. The number of fused-ring (bicyclic) bond motifs is 1. The third kappa shape index (κ3) is 4.49. The fourth-order valence-corrected chi connectivity index (χ4v) is 3.80. The molecule has 1 aliphatic carbocycles. The molecule has 1 aliphatic rings. The van der Waals surface area contributed by atoms with E-state index in [0.717, 1.165) is 19.5 Å². The van der Waals surface area contributed by atoms with Crippen molar-refractivity contribution < 1.29 is 0 Å². The lowest BCUT2D eigenvalue weighted by molar-refractivity contribution is 0.378. The van der Waals surface area contributed by atoms with E-state index in [0.29, 0.717) is 5.92 Å². The third-order valence-electron chi connectivity index (χ3n) is 5.19. The highest BCUT2D eigenvalue weighted by molar-refractivity contribution is 5.69. The number of aryl methyl sites for hydroxylation is 1. The summed E-state index contributed by atoms with van der Waals surface area (Å²) in [7, 11) is 2.16. The molecule has 3 rings (SSSR count). The molecule has 0 amide bonds. The number of hydrogen-bond donors (Lipinski definition) is 0. The van der Waals surface area contributed by atoms with Crippen LogP contribution in [0.3, 0.4) is 0 Å². The van der Waals surface area contributed by atoms with E-state index >= 15 is 0 Å². The number of allylic oxidation sites excluding steroid dienone is 1. The van der Waals surface area contributed by atoms with Gasteiger partial charge in [0.25, 0.3) is 0 Å². The van der Waals surface area contributed by atoms with E-state index in [4.69, 9.17) is 0 Å². The van der Waals surface area contributed by atoms with Crippen molar-refractivity contribution in [1.29, 1.82) is 0 Å². The normalized spacial score (nSPS) is 14.8. The summed E-state index contributed by atoms with van der Waals surface area (Å²) < 4.78 is 0. The molecule has 1 nitrogen and oxygen atoms in total. The molecule has 0 N–H and O–H groups in total. The Labute approximate surface area is 152 Å². The van der Waals surface area contributed by atoms with Crippen molar-refractivity contribution in [2.24, 2.45) is 5.92 Å². The van der Waals surface area contributed by atoms with Crippen LogP contribution in [0.5, 0.6) is 0 Å². The smallest absolute Gasteiger partial charge is 0.0157 e. The Morgan fingerprint density at radius 2 is 1.72 bits per heavy atom. The van der Waals surface area contributed by atoms with Gasteiger partial charge in [0.1, 0.15) is 0 Å². The van der Waals surface area contributed by atoms with Gasteiger partial charge in [-0.1, -0.05) is 66.2 Å². The molecule has 0 saturated heterocycles. The van der Waals surface area contributed by atoms with Gasteiger partial charge in [-0.3, -0.25) is 0 Å². The predicted octanol–water partition coefficient (Wildman–Crippen LogP) is 5.30. The molecular formula is C24H29N. The molecule has 0 atom stereocenters. The average molecular weight is 332 g/mol. The third-order valence-corrected chi connectivity index (χ3v) is 5.19. The Hall–Kier alpha value is -2.12. The summed E-state index contributed by atoms with van der Waals surface area (Å²) in [5, 5.41) is 0. The summed E-state index contributed by atoms with van der Waals surface area (Å²) in [5.41, 5.74) is 7.27. The molecule has 25 heavy (non-hydrogen) atoms. The lowest BCUT2D eigenvalue weighted by Gasteiger charge is -2.18. The standard InChI is InChI=1S/C24H29N/c1-4-15-25(3)16-7-10-24(20-13-11-19(2)12-14-20)23-17-21-8-5-6-9-22(21)18-23/h4-6,8-14,23H,1,7,15-18H2,2-3H3. The van der Waals surface area contributed by atoms with E-state index in [9.17, 15) is 0 Å². The lowest BCUT2D eigenvalue weighted by atomic mass is 9.89. The minimum absolute atomic E-state index is 0.602. The summed E-state index contributed by atoms with van der Waals surface area (Å²) in [6.07, 6.45) is 7.86. The lowest BCUT2D eigenvalue weighted by Crippen LogP contribution is -2.19. The summed E-state index contributed by atoms with van der Waals surface area (Å²) in [5.74, 6) is 0.602. The first-order valence-electron chi connectivity index (χ1n) is 9.30. The maximum atomic E-state index is 3.83. The quantitative estimate of drug-likeness (QED) is 0.622. The molecule has 1 heteroatoms. The Morgan fingerprint density at radius 3 is 2.32 bits per heavy atom. The summed E-state index contributed by atoms with van der Waals surface area (Å²) in [6.45, 7) is 8.00. The van der Waals surface area contributed by atoms with Crippen molar-refractivity contribution in [1.82, 2.24) is 4.90 Å². The van der Waals surface area contributed by atoms with E-state index in [-0.39, 0.29) is 0 Å². The van der Waals surface area contributed by atoms with E-state index in [1.807, 2.05) is 6.08 Å². The van der Waals surface area contributed by atoms with Crippen LogP contribution >= 0.6 is 0 Å². The Kier molecular flexibility index (Phi) is 5.88. The number of nitrogens with zero attached hydrogens (tertiary/aromatic N) is 1. The van der Waals surface area contributed by atoms with E-state index in [1.54, 1.807) is 0 Å². The average Bonchev–Trinajstić information content (AvgIpc) is 3.04. The summed E-state index contributed by atoms with van der Waals surface area (Å²) in [6, 6.07) is 18.0. The maximum Gasteiger partial charge on any atom is 0.0157 e. The second kappa shape index (κ2) is 8.31. The van der Waals surface area contributed by atoms with E-state index < -0.39 is 0 Å². The first kappa shape index (κ1) is 17.7. The molecule has 0 spiro atoms. The van der Waals surface area contributed by atoms with Crippen molar-refractivity contribution in [2.75, 3.05) is 20.1 Å². The molecule has 0 aliphatic heterocycles. The van der Waals surface area contributed by atoms with Gasteiger partial charge in [-0.2, -0.15) is 0 Å². The molecule has 0 bridgehead atoms. The van der Waals surface area contributed by atoms with Crippen LogP contribution in [-0.2, 0) is 12.8 Å². The van der Waals surface area contributed by atoms with Gasteiger partial charge < -0.3 is 4.90 Å². The second-order valence-corrected chi connectivity index (χ2v) is 7.24. The molecule has 0 saturated carbocycles. The topological polar surface area (TPSA) is 3.24 Å². The van der Waals surface area contributed by atoms with Crippen molar-refractivity contribution in [3.8, 4) is 0 Å². The fraction of sp³-hybridized carbons (Fsp3) is 0.333. The van der Waals surface area contributed by atoms with Gasteiger partial charge in [-0.25, -0.2) is 0 Å². The van der Waals surface area contributed by atoms with Gasteiger partial charge in [0.15, 0.2) is 0 Å². The maximum absolute atomic E-state index is 3.83. The highest BCUT2D eigenvalue weighted by Crippen LogP contribution is 2.36. The zero-order valence-corrected chi connectivity index (χ0v) is 15.5. The molecule has 2 aromatic carbocycles. The molecule has 0 aromatic heterocycles. The summed E-state index contributed by atoms with van der Waals surface area (Å²) in [4.78, 5) is 2.32. The van der Waals surface area contributed by atoms with Gasteiger partial charge in [-0.15, -0.1) is 6.58 Å². The minimum atomic E-state index is 0.602. The Morgan fingerprint density at radius 1 is 1.08 bits per heavy atom. The Bertz CT molecular complexity index is 714. The SMILES string of the molecule is C=CCN(C)CCC=C(c1ccc(C)cc1)C1Cc2ccccc2C1. The molecule has 0 heterocycles. The molecule has 0 unspecified atom stereocenters. The molecule has 0 radical (unpaired) electrons. The van der Waals surface area contributed by atoms with Crippen LogP contribution in [0.25, 0.3) is 5.57 Å². The zero-order valence-electron chi connectivity index (χ0n) is 15.5. The first-order chi connectivity index (χ1) is 12.2. The first-order valence-corrected chi connectivity index (χ1v) is 9.30. The number of rotatable bonds is 7. The predicted molar refractivity (Wildman–Crippen MR) is 109 cm³/mol. The van der Waals surface area contributed by atoms with Crippen molar-refractivity contribution >= 4 is 5.57 Å². The number of likely N-dealkylation sites (N-methyl/N-ethyl adjacent to an activating group) is 1. The van der Waals surface area contributed by atoms with Gasteiger partial charge in [0, 0.05) is 13.1 Å². The van der Waals surface area contributed by atoms with Crippen molar-refractivity contribution in [2.45, 2.75) is 26.2 Å². The van der Waals surface area contributed by atoms with Gasteiger partial charge in [0.05, 0.1) is 0 Å². The highest BCUT2D eigenvalue weighted by atomic mass is 15.1. The molecule has 0 fully saturated rings. The number of benzene rings is 2. The zero-order chi connectivity index (χ0) is 17.6. The van der Waals surface area contributed by atoms with Crippen LogP contribution in [-0.4, -0.2) is 25.0 Å². The van der Waals surface area contributed by atoms with Gasteiger partial charge in [0.2, 0.25) is 0 Å². The largest absolute Gasteiger partial charge is 0.302 e. The van der Waals surface area contributed by atoms with Crippen molar-refractivity contribution in [3.63, 3.8) is 0 Å². The van der Waals surface area contributed by atoms with Crippen LogP contribution in [0.1, 0.15) is 28.7 Å². The minimum Gasteiger partial charge on any atom is -0.302 e. The fourth-order valence-electron chi connectivity index (χ4n) is 3.80. The van der Waals surface area contributed by atoms with E-state index in [2.05, 4.69) is 80.1 Å². The number of hydrogen-bond acceptors (Lipinski definition) is 1. The van der Waals surface area contributed by atoms with Crippen LogP contribution in [0.15, 0.2) is 67.3 Å². The Balaban J connectivity index is 1.80. The summed E-state index contributed by atoms with van der Waals surface area (Å²) >= 11 is 0. The second-order valence-electron chi connectivity index (χ2n) is 7.24. The van der Waals surface area contributed by atoms with Crippen LogP contribution in [0.2, 0.25) is 0 Å². The van der Waals surface area contributed by atoms with Crippen LogP contribution in [0, 0.1) is 12.8 Å². The molecular weight excluding hydrogens is 302 g/mol. The van der Waals surface area contributed by atoms with Crippen LogP contribution < -0.4 is 0 Å². The van der Waals surface area contributed by atoms with Gasteiger partial charge >= 0.3 is 0 Å². The van der Waals surface area contributed by atoms with Crippen LogP contribution in [0.4, 0.5) is 0 Å². The molecule has 2 aromatic rings. The van der Waals surface area contributed by atoms with E-state index in [1.165, 1.54) is 40.7 Å². The monoisotopic (exact) mass is 331 g/mol. The highest BCUT2D eigenvalue weighted by Gasteiger charge is 2.24.